The van der Waals surface area contributed by atoms with Crippen molar-refractivity contribution in [2.45, 2.75) is 43.9 Å². The first-order valence-corrected chi connectivity index (χ1v) is 5.99. The van der Waals surface area contributed by atoms with Crippen LogP contribution in [0.2, 0.25) is 0 Å². The standard InChI is InChI=1S/C11H20N2O/c14-11-6-12-5-10(11)13-7-8-1-3-9(13)4-2-8/h8-12,14H,1-7H2/t8?,9?,10-,11-/m1/s1. The molecular formula is C11H20N2O. The molecule has 4 aliphatic rings. The topological polar surface area (TPSA) is 35.5 Å². The summed E-state index contributed by atoms with van der Waals surface area (Å²) in [6.07, 6.45) is 5.46. The molecule has 3 aliphatic heterocycles. The molecule has 1 aliphatic carbocycles. The molecule has 0 radical (unpaired) electrons. The maximum absolute atomic E-state index is 9.87. The van der Waals surface area contributed by atoms with Gasteiger partial charge in [0.1, 0.15) is 0 Å². The fraction of sp³-hybridized carbons (Fsp3) is 1.00. The summed E-state index contributed by atoms with van der Waals surface area (Å²) >= 11 is 0. The van der Waals surface area contributed by atoms with Crippen molar-refractivity contribution in [1.29, 1.82) is 0 Å². The van der Waals surface area contributed by atoms with E-state index >= 15 is 0 Å². The lowest BCUT2D eigenvalue weighted by Gasteiger charge is -2.48. The van der Waals surface area contributed by atoms with Gasteiger partial charge >= 0.3 is 0 Å². The molecule has 2 N–H and O–H groups in total. The largest absolute Gasteiger partial charge is 0.390 e. The van der Waals surface area contributed by atoms with E-state index in [0.29, 0.717) is 6.04 Å². The first-order chi connectivity index (χ1) is 6.84. The Kier molecular flexibility index (Phi) is 2.26. The second-order valence-corrected chi connectivity index (χ2v) is 5.16. The molecule has 2 bridgehead atoms. The van der Waals surface area contributed by atoms with Crippen LogP contribution in [0.3, 0.4) is 0 Å². The van der Waals surface area contributed by atoms with Crippen LogP contribution < -0.4 is 5.32 Å². The molecule has 14 heavy (non-hydrogen) atoms. The first-order valence-electron chi connectivity index (χ1n) is 5.99. The molecule has 3 nitrogen and oxygen atoms in total. The van der Waals surface area contributed by atoms with Gasteiger partial charge in [-0.05, 0) is 31.6 Å². The number of β-amino-alcohol motifs (C(OH)–C–C–N with tert-alkyl or cyclic N) is 1. The molecule has 4 fully saturated rings. The third kappa shape index (κ3) is 1.38. The Bertz CT molecular complexity index is 213. The molecule has 0 aromatic rings. The SMILES string of the molecule is O[C@@H]1CNC[C@H]1N1CC2CCC1CC2. The van der Waals surface area contributed by atoms with E-state index in [2.05, 4.69) is 10.2 Å². The first kappa shape index (κ1) is 9.13. The molecule has 80 valence electrons. The predicted octanol–water partition coefficient (Wildman–Crippen LogP) is 0.193. The van der Waals surface area contributed by atoms with E-state index in [0.717, 1.165) is 25.0 Å². The zero-order valence-corrected chi connectivity index (χ0v) is 8.65. The van der Waals surface area contributed by atoms with E-state index in [-0.39, 0.29) is 6.10 Å². The summed E-state index contributed by atoms with van der Waals surface area (Å²) in [5.74, 6) is 0.924. The molecule has 0 aromatic carbocycles. The zero-order chi connectivity index (χ0) is 9.54. The van der Waals surface area contributed by atoms with Crippen LogP contribution in [0.4, 0.5) is 0 Å². The summed E-state index contributed by atoms with van der Waals surface area (Å²) in [4.78, 5) is 2.59. The number of fused-ring (bicyclic) bond motifs is 3. The summed E-state index contributed by atoms with van der Waals surface area (Å²) in [6, 6.07) is 1.18. The lowest BCUT2D eigenvalue weighted by molar-refractivity contribution is -0.0172. The zero-order valence-electron chi connectivity index (χ0n) is 8.65. The molecule has 1 saturated carbocycles. The van der Waals surface area contributed by atoms with Gasteiger partial charge in [0.05, 0.1) is 6.10 Å². The van der Waals surface area contributed by atoms with E-state index in [1.54, 1.807) is 0 Å². The van der Waals surface area contributed by atoms with Gasteiger partial charge in [0.2, 0.25) is 0 Å². The van der Waals surface area contributed by atoms with Gasteiger partial charge in [-0.25, -0.2) is 0 Å². The monoisotopic (exact) mass is 196 g/mol. The van der Waals surface area contributed by atoms with Crippen molar-refractivity contribution in [3.63, 3.8) is 0 Å². The molecule has 0 aromatic heterocycles. The average Bonchev–Trinajstić information content (AvgIpc) is 2.66. The van der Waals surface area contributed by atoms with Crippen molar-refractivity contribution in [2.75, 3.05) is 19.6 Å². The van der Waals surface area contributed by atoms with E-state index in [1.165, 1.54) is 32.2 Å². The number of hydrogen-bond donors (Lipinski definition) is 2. The fourth-order valence-electron chi connectivity index (χ4n) is 3.50. The van der Waals surface area contributed by atoms with Crippen LogP contribution in [0.1, 0.15) is 25.7 Å². The van der Waals surface area contributed by atoms with E-state index in [9.17, 15) is 5.11 Å². The second-order valence-electron chi connectivity index (χ2n) is 5.16. The highest BCUT2D eigenvalue weighted by Gasteiger charge is 2.40. The molecular weight excluding hydrogens is 176 g/mol. The van der Waals surface area contributed by atoms with Crippen molar-refractivity contribution in [3.8, 4) is 0 Å². The summed E-state index contributed by atoms with van der Waals surface area (Å²) in [6.45, 7) is 3.02. The van der Waals surface area contributed by atoms with Crippen molar-refractivity contribution >= 4 is 0 Å². The van der Waals surface area contributed by atoms with Gasteiger partial charge in [-0.3, -0.25) is 4.90 Å². The van der Waals surface area contributed by atoms with E-state index < -0.39 is 0 Å². The third-order valence-electron chi connectivity index (χ3n) is 4.33. The highest BCUT2D eigenvalue weighted by atomic mass is 16.3. The quantitative estimate of drug-likeness (QED) is 0.628. The van der Waals surface area contributed by atoms with Crippen LogP contribution in [0, 0.1) is 5.92 Å². The molecule has 3 heterocycles. The summed E-state index contributed by atoms with van der Waals surface area (Å²) in [5, 5.41) is 13.2. The Morgan fingerprint density at radius 1 is 1.07 bits per heavy atom. The van der Waals surface area contributed by atoms with Crippen molar-refractivity contribution in [3.05, 3.63) is 0 Å². The molecule has 3 heteroatoms. The lowest BCUT2D eigenvalue weighted by atomic mass is 9.79. The molecule has 0 unspecified atom stereocenters. The number of hydrogen-bond acceptors (Lipinski definition) is 3. The van der Waals surface area contributed by atoms with Crippen molar-refractivity contribution in [1.82, 2.24) is 10.2 Å². The number of rotatable bonds is 1. The van der Waals surface area contributed by atoms with Crippen LogP contribution >= 0.6 is 0 Å². The maximum atomic E-state index is 9.87. The Morgan fingerprint density at radius 2 is 1.86 bits per heavy atom. The Morgan fingerprint density at radius 3 is 2.36 bits per heavy atom. The van der Waals surface area contributed by atoms with Gasteiger partial charge in [0.15, 0.2) is 0 Å². The summed E-state index contributed by atoms with van der Waals surface area (Å²) in [7, 11) is 0. The molecule has 3 saturated heterocycles. The Hall–Kier alpha value is -0.120. The Labute approximate surface area is 85.5 Å². The highest BCUT2D eigenvalue weighted by Crippen LogP contribution is 2.36. The minimum absolute atomic E-state index is 0.130. The highest BCUT2D eigenvalue weighted by molar-refractivity contribution is 4.97. The van der Waals surface area contributed by atoms with Crippen LogP contribution in [-0.4, -0.2) is 47.8 Å². The van der Waals surface area contributed by atoms with Crippen LogP contribution in [0.25, 0.3) is 0 Å². The van der Waals surface area contributed by atoms with Crippen molar-refractivity contribution < 1.29 is 5.11 Å². The van der Waals surface area contributed by atoms with Gasteiger partial charge in [0.25, 0.3) is 0 Å². The minimum Gasteiger partial charge on any atom is -0.390 e. The number of nitrogens with zero attached hydrogens (tertiary/aromatic N) is 1. The van der Waals surface area contributed by atoms with Crippen LogP contribution in [0.15, 0.2) is 0 Å². The number of nitrogens with one attached hydrogen (secondary N) is 1. The average molecular weight is 196 g/mol. The van der Waals surface area contributed by atoms with Gasteiger partial charge in [0, 0.05) is 31.7 Å². The van der Waals surface area contributed by atoms with E-state index in [4.69, 9.17) is 0 Å². The second kappa shape index (κ2) is 3.47. The normalized spacial score (nSPS) is 48.6. The van der Waals surface area contributed by atoms with Gasteiger partial charge in [-0.15, -0.1) is 0 Å². The van der Waals surface area contributed by atoms with E-state index in [1.807, 2.05) is 0 Å². The molecule has 0 amide bonds. The summed E-state index contributed by atoms with van der Waals surface area (Å²) in [5.41, 5.74) is 0. The number of piperidine rings is 2. The minimum atomic E-state index is -0.130. The number of aliphatic hydroxyl groups is 1. The summed E-state index contributed by atoms with van der Waals surface area (Å²) < 4.78 is 0. The van der Waals surface area contributed by atoms with Crippen molar-refractivity contribution in [2.24, 2.45) is 5.92 Å². The third-order valence-corrected chi connectivity index (χ3v) is 4.33. The van der Waals surface area contributed by atoms with Crippen LogP contribution in [0.5, 0.6) is 0 Å². The number of aliphatic hydroxyl groups excluding tert-OH is 1. The van der Waals surface area contributed by atoms with Gasteiger partial charge in [-0.2, -0.15) is 0 Å². The predicted molar refractivity (Wildman–Crippen MR) is 55.1 cm³/mol. The van der Waals surface area contributed by atoms with Gasteiger partial charge in [-0.1, -0.05) is 0 Å². The fourth-order valence-corrected chi connectivity index (χ4v) is 3.50. The maximum Gasteiger partial charge on any atom is 0.0831 e. The lowest BCUT2D eigenvalue weighted by Crippen LogP contribution is -2.56. The molecule has 2 atom stereocenters. The smallest absolute Gasteiger partial charge is 0.0831 e. The molecule has 0 spiro atoms. The van der Waals surface area contributed by atoms with Crippen LogP contribution in [-0.2, 0) is 0 Å². The molecule has 4 rings (SSSR count). The Balaban J connectivity index is 1.72. The van der Waals surface area contributed by atoms with Gasteiger partial charge < -0.3 is 10.4 Å².